The highest BCUT2D eigenvalue weighted by molar-refractivity contribution is 9.10. The largest absolute Gasteiger partial charge is 0.464 e. The molecule has 0 saturated carbocycles. The van der Waals surface area contributed by atoms with Gasteiger partial charge in [0, 0.05) is 54.7 Å². The molecule has 33 heavy (non-hydrogen) atoms. The maximum atomic E-state index is 13.5. The van der Waals surface area contributed by atoms with Crippen LogP contribution in [0.3, 0.4) is 0 Å². The molecule has 4 heterocycles. The zero-order valence-electron chi connectivity index (χ0n) is 19.2. The van der Waals surface area contributed by atoms with Crippen LogP contribution in [0.1, 0.15) is 30.9 Å². The lowest BCUT2D eigenvalue weighted by molar-refractivity contribution is 0.147. The molecule has 2 unspecified atom stereocenters. The van der Waals surface area contributed by atoms with E-state index in [2.05, 4.69) is 42.7 Å². The molecule has 1 aromatic carbocycles. The Morgan fingerprint density at radius 3 is 2.67 bits per heavy atom. The Bertz CT molecular complexity index is 1190. The Labute approximate surface area is 202 Å². The van der Waals surface area contributed by atoms with Crippen LogP contribution in [-0.2, 0) is 13.0 Å². The van der Waals surface area contributed by atoms with Crippen LogP contribution in [0.2, 0.25) is 0 Å². The number of piperazine rings is 1. The SMILES string of the molecule is CCOc1ncc2c(cc(Cc3ccc(Br)cc3)c(=O)n2CCCN2CC3CC2CN3C)n1. The Balaban J connectivity index is 1.41. The fourth-order valence-corrected chi connectivity index (χ4v) is 5.48. The van der Waals surface area contributed by atoms with E-state index in [1.807, 2.05) is 41.8 Å². The van der Waals surface area contributed by atoms with Gasteiger partial charge in [-0.1, -0.05) is 28.1 Å². The average Bonchev–Trinajstić information content (AvgIpc) is 3.37. The number of halogens is 1. The highest BCUT2D eigenvalue weighted by Crippen LogP contribution is 2.29. The van der Waals surface area contributed by atoms with E-state index in [1.165, 1.54) is 6.42 Å². The van der Waals surface area contributed by atoms with Crippen molar-refractivity contribution >= 4 is 27.0 Å². The second-order valence-corrected chi connectivity index (χ2v) is 10.0. The van der Waals surface area contributed by atoms with Gasteiger partial charge in [-0.3, -0.25) is 9.69 Å². The van der Waals surface area contributed by atoms with E-state index >= 15 is 0 Å². The van der Waals surface area contributed by atoms with Gasteiger partial charge in [-0.25, -0.2) is 4.98 Å². The second-order valence-electron chi connectivity index (χ2n) is 9.12. The number of likely N-dealkylation sites (tertiary alicyclic amines) is 2. The molecule has 0 aliphatic carbocycles. The number of aryl methyl sites for hydroxylation is 1. The molecule has 3 aromatic rings. The van der Waals surface area contributed by atoms with Gasteiger partial charge in [0.15, 0.2) is 0 Å². The Morgan fingerprint density at radius 2 is 1.97 bits per heavy atom. The van der Waals surface area contributed by atoms with Crippen molar-refractivity contribution in [1.82, 2.24) is 24.3 Å². The van der Waals surface area contributed by atoms with Crippen LogP contribution in [0.25, 0.3) is 11.0 Å². The van der Waals surface area contributed by atoms with Crippen LogP contribution in [0.5, 0.6) is 6.01 Å². The zero-order chi connectivity index (χ0) is 22.9. The molecule has 8 heteroatoms. The number of hydrogen-bond acceptors (Lipinski definition) is 6. The van der Waals surface area contributed by atoms with Crippen molar-refractivity contribution in [3.05, 3.63) is 62.5 Å². The quantitative estimate of drug-likeness (QED) is 0.462. The summed E-state index contributed by atoms with van der Waals surface area (Å²) in [6, 6.07) is 11.7. The van der Waals surface area contributed by atoms with Gasteiger partial charge >= 0.3 is 6.01 Å². The number of rotatable bonds is 8. The van der Waals surface area contributed by atoms with Crippen molar-refractivity contribution in [2.75, 3.05) is 33.3 Å². The van der Waals surface area contributed by atoms with Gasteiger partial charge in [-0.05, 0) is 50.6 Å². The lowest BCUT2D eigenvalue weighted by Gasteiger charge is -2.31. The summed E-state index contributed by atoms with van der Waals surface area (Å²) in [5, 5.41) is 0. The van der Waals surface area contributed by atoms with Crippen LogP contribution < -0.4 is 10.3 Å². The van der Waals surface area contributed by atoms with Crippen molar-refractivity contribution < 1.29 is 4.74 Å². The highest BCUT2D eigenvalue weighted by Gasteiger charge is 2.40. The van der Waals surface area contributed by atoms with Gasteiger partial charge in [-0.2, -0.15) is 4.98 Å². The predicted octanol–water partition coefficient (Wildman–Crippen LogP) is 3.32. The molecule has 0 spiro atoms. The molecule has 2 saturated heterocycles. The van der Waals surface area contributed by atoms with E-state index in [0.29, 0.717) is 37.7 Å². The molecular formula is C25H30BrN5O2. The fourth-order valence-electron chi connectivity index (χ4n) is 5.22. The van der Waals surface area contributed by atoms with Gasteiger partial charge < -0.3 is 14.2 Å². The summed E-state index contributed by atoms with van der Waals surface area (Å²) >= 11 is 3.48. The summed E-state index contributed by atoms with van der Waals surface area (Å²) in [4.78, 5) is 27.5. The van der Waals surface area contributed by atoms with Crippen molar-refractivity contribution in [3.63, 3.8) is 0 Å². The van der Waals surface area contributed by atoms with Crippen LogP contribution in [0, 0.1) is 0 Å². The van der Waals surface area contributed by atoms with E-state index in [4.69, 9.17) is 4.74 Å². The van der Waals surface area contributed by atoms with Gasteiger partial charge in [0.2, 0.25) is 0 Å². The van der Waals surface area contributed by atoms with Crippen LogP contribution >= 0.6 is 15.9 Å². The van der Waals surface area contributed by atoms with E-state index in [0.717, 1.165) is 52.7 Å². The molecule has 174 valence electrons. The molecular weight excluding hydrogens is 482 g/mol. The minimum absolute atomic E-state index is 0.0425. The number of aromatic nitrogens is 3. The molecule has 7 nitrogen and oxygen atoms in total. The third-order valence-electron chi connectivity index (χ3n) is 6.93. The average molecular weight is 512 g/mol. The summed E-state index contributed by atoms with van der Waals surface area (Å²) in [5.41, 5.74) is 3.40. The molecule has 0 radical (unpaired) electrons. The summed E-state index contributed by atoms with van der Waals surface area (Å²) in [5.74, 6) is 0. The Hall–Kier alpha value is -2.29. The number of benzene rings is 1. The minimum Gasteiger partial charge on any atom is -0.464 e. The normalized spacial score (nSPS) is 20.7. The first-order valence-electron chi connectivity index (χ1n) is 11.7. The van der Waals surface area contributed by atoms with Crippen molar-refractivity contribution in [2.24, 2.45) is 0 Å². The van der Waals surface area contributed by atoms with E-state index < -0.39 is 0 Å². The van der Waals surface area contributed by atoms with E-state index in [1.54, 1.807) is 6.20 Å². The molecule has 2 aliphatic heterocycles. The first-order chi connectivity index (χ1) is 16.0. The standard InChI is InChI=1S/C25H30BrN5O2/c1-3-33-25-27-14-23-22(28-25)12-18(11-17-5-7-19(26)8-6-17)24(32)31(23)10-4-9-30-16-20-13-21(30)15-29(20)2/h5-8,12,14,20-21H,3-4,9-11,13,15-16H2,1-2H3. The predicted molar refractivity (Wildman–Crippen MR) is 133 cm³/mol. The number of hydrogen-bond donors (Lipinski definition) is 0. The molecule has 2 aromatic heterocycles. The third kappa shape index (κ3) is 4.69. The lowest BCUT2D eigenvalue weighted by Crippen LogP contribution is -2.45. The number of pyridine rings is 1. The molecule has 5 rings (SSSR count). The first kappa shape index (κ1) is 22.5. The fraction of sp³-hybridized carbons (Fsp3) is 0.480. The number of likely N-dealkylation sites (N-methyl/N-ethyl adjacent to an activating group) is 1. The summed E-state index contributed by atoms with van der Waals surface area (Å²) in [6.45, 7) is 6.38. The summed E-state index contributed by atoms with van der Waals surface area (Å²) < 4.78 is 8.40. The van der Waals surface area contributed by atoms with Gasteiger partial charge in [-0.15, -0.1) is 0 Å². The molecule has 2 aliphatic rings. The Kier molecular flexibility index (Phi) is 6.49. The monoisotopic (exact) mass is 511 g/mol. The molecule has 2 bridgehead atoms. The van der Waals surface area contributed by atoms with Crippen LogP contribution in [-0.4, -0.2) is 69.7 Å². The number of ether oxygens (including phenoxy) is 1. The zero-order valence-corrected chi connectivity index (χ0v) is 20.8. The third-order valence-corrected chi connectivity index (χ3v) is 7.46. The first-order valence-corrected chi connectivity index (χ1v) is 12.5. The molecule has 0 amide bonds. The lowest BCUT2D eigenvalue weighted by atomic mass is 10.1. The van der Waals surface area contributed by atoms with Crippen LogP contribution in [0.4, 0.5) is 0 Å². The van der Waals surface area contributed by atoms with Crippen molar-refractivity contribution in [3.8, 4) is 6.01 Å². The van der Waals surface area contributed by atoms with Crippen LogP contribution in [0.15, 0.2) is 45.8 Å². The van der Waals surface area contributed by atoms with Crippen molar-refractivity contribution in [2.45, 2.75) is 44.8 Å². The van der Waals surface area contributed by atoms with E-state index in [-0.39, 0.29) is 5.56 Å². The van der Waals surface area contributed by atoms with Crippen molar-refractivity contribution in [1.29, 1.82) is 0 Å². The number of fused-ring (bicyclic) bond motifs is 3. The Morgan fingerprint density at radius 1 is 1.15 bits per heavy atom. The summed E-state index contributed by atoms with van der Waals surface area (Å²) in [6.07, 6.45) is 4.50. The molecule has 2 atom stereocenters. The second kappa shape index (κ2) is 9.52. The molecule has 2 fully saturated rings. The maximum Gasteiger partial charge on any atom is 0.317 e. The topological polar surface area (TPSA) is 63.5 Å². The van der Waals surface area contributed by atoms with E-state index in [9.17, 15) is 4.79 Å². The molecule has 0 N–H and O–H groups in total. The highest BCUT2D eigenvalue weighted by atomic mass is 79.9. The minimum atomic E-state index is 0.0425. The summed E-state index contributed by atoms with van der Waals surface area (Å²) in [7, 11) is 2.22. The van der Waals surface area contributed by atoms with Gasteiger partial charge in [0.1, 0.15) is 0 Å². The van der Waals surface area contributed by atoms with Gasteiger partial charge in [0.25, 0.3) is 5.56 Å². The van der Waals surface area contributed by atoms with Gasteiger partial charge in [0.05, 0.1) is 23.8 Å². The maximum absolute atomic E-state index is 13.5. The smallest absolute Gasteiger partial charge is 0.317 e. The number of nitrogens with zero attached hydrogens (tertiary/aromatic N) is 5.